The molecule has 0 saturated carbocycles. The smallest absolute Gasteiger partial charge is 0.221 e. The Morgan fingerprint density at radius 1 is 1.67 bits per heavy atom. The van der Waals surface area contributed by atoms with E-state index in [-0.39, 0.29) is 5.91 Å². The Hall–Kier alpha value is -0.610. The van der Waals surface area contributed by atoms with E-state index in [4.69, 9.17) is 0 Å². The Morgan fingerprint density at radius 3 is 2.75 bits per heavy atom. The van der Waals surface area contributed by atoms with Crippen molar-refractivity contribution in [2.24, 2.45) is 0 Å². The first-order valence-electron chi connectivity index (χ1n) is 3.32. The van der Waals surface area contributed by atoms with Crippen LogP contribution in [0.5, 0.6) is 0 Å². The van der Waals surface area contributed by atoms with E-state index in [1.807, 2.05) is 12.1 Å². The van der Waals surface area contributed by atoms with Crippen LogP contribution in [0.1, 0.15) is 11.8 Å². The molecule has 1 N–H and O–H groups in total. The van der Waals surface area contributed by atoms with Crippen LogP contribution in [0.3, 0.4) is 0 Å². The standard InChI is InChI=1S/C8H8BrNOS/c1-5(10-6(2)11)7-3-4-8(9)12-7/h3-4H,1H2,2H3,(H,10,11). The van der Waals surface area contributed by atoms with Gasteiger partial charge in [0.25, 0.3) is 0 Å². The molecule has 0 radical (unpaired) electrons. The number of rotatable bonds is 2. The molecule has 1 rings (SSSR count). The Balaban J connectivity index is 2.72. The first-order valence-corrected chi connectivity index (χ1v) is 4.93. The van der Waals surface area contributed by atoms with E-state index in [0.717, 1.165) is 8.66 Å². The lowest BCUT2D eigenvalue weighted by Gasteiger charge is -2.01. The van der Waals surface area contributed by atoms with E-state index in [0.29, 0.717) is 5.70 Å². The maximum absolute atomic E-state index is 10.7. The normalized spacial score (nSPS) is 9.50. The summed E-state index contributed by atoms with van der Waals surface area (Å²) in [6.45, 7) is 5.20. The SMILES string of the molecule is C=C(NC(C)=O)c1ccc(Br)s1. The second-order valence-corrected chi connectivity index (χ2v) is 4.73. The third-order valence-electron chi connectivity index (χ3n) is 1.20. The first-order chi connectivity index (χ1) is 5.59. The fraction of sp³-hybridized carbons (Fsp3) is 0.125. The molecule has 0 aliphatic carbocycles. The van der Waals surface area contributed by atoms with Gasteiger partial charge >= 0.3 is 0 Å². The van der Waals surface area contributed by atoms with Crippen LogP contribution >= 0.6 is 27.3 Å². The molecule has 1 aromatic rings. The van der Waals surface area contributed by atoms with Gasteiger partial charge in [0.15, 0.2) is 0 Å². The van der Waals surface area contributed by atoms with Crippen molar-refractivity contribution < 1.29 is 4.79 Å². The van der Waals surface area contributed by atoms with Gasteiger partial charge in [-0.25, -0.2) is 0 Å². The van der Waals surface area contributed by atoms with Crippen molar-refractivity contribution in [1.29, 1.82) is 0 Å². The quantitative estimate of drug-likeness (QED) is 0.853. The minimum atomic E-state index is -0.0930. The van der Waals surface area contributed by atoms with Crippen LogP contribution in [-0.4, -0.2) is 5.91 Å². The monoisotopic (exact) mass is 245 g/mol. The van der Waals surface area contributed by atoms with E-state index in [1.54, 1.807) is 11.3 Å². The van der Waals surface area contributed by atoms with Crippen LogP contribution in [0, 0.1) is 0 Å². The Morgan fingerprint density at radius 2 is 2.33 bits per heavy atom. The molecule has 1 heterocycles. The van der Waals surface area contributed by atoms with Crippen LogP contribution in [0.2, 0.25) is 0 Å². The van der Waals surface area contributed by atoms with Gasteiger partial charge in [0.05, 0.1) is 14.4 Å². The van der Waals surface area contributed by atoms with Gasteiger partial charge < -0.3 is 5.32 Å². The predicted octanol–water partition coefficient (Wildman–Crippen LogP) is 2.62. The number of carbonyl (C=O) groups is 1. The van der Waals surface area contributed by atoms with Gasteiger partial charge in [0, 0.05) is 6.92 Å². The van der Waals surface area contributed by atoms with Crippen molar-refractivity contribution in [1.82, 2.24) is 5.32 Å². The number of hydrogen-bond acceptors (Lipinski definition) is 2. The van der Waals surface area contributed by atoms with Crippen LogP contribution in [0.4, 0.5) is 0 Å². The molecule has 0 aromatic carbocycles. The van der Waals surface area contributed by atoms with Crippen molar-refractivity contribution in [3.63, 3.8) is 0 Å². The Labute approximate surface area is 83.4 Å². The largest absolute Gasteiger partial charge is 0.326 e. The zero-order chi connectivity index (χ0) is 9.14. The van der Waals surface area contributed by atoms with Gasteiger partial charge in [-0.2, -0.15) is 0 Å². The molecule has 0 fully saturated rings. The fourth-order valence-corrected chi connectivity index (χ4v) is 2.06. The van der Waals surface area contributed by atoms with Crippen LogP contribution in [-0.2, 0) is 4.79 Å². The van der Waals surface area contributed by atoms with E-state index < -0.39 is 0 Å². The summed E-state index contributed by atoms with van der Waals surface area (Å²) in [7, 11) is 0. The van der Waals surface area contributed by atoms with Gasteiger partial charge in [-0.15, -0.1) is 11.3 Å². The van der Waals surface area contributed by atoms with Crippen LogP contribution in [0.15, 0.2) is 22.5 Å². The minimum Gasteiger partial charge on any atom is -0.326 e. The number of amides is 1. The average Bonchev–Trinajstić information content (AvgIpc) is 2.34. The third kappa shape index (κ3) is 2.46. The van der Waals surface area contributed by atoms with Gasteiger partial charge in [0.1, 0.15) is 0 Å². The zero-order valence-corrected chi connectivity index (χ0v) is 8.96. The fourth-order valence-electron chi connectivity index (χ4n) is 0.751. The Bertz CT molecular complexity index is 319. The molecule has 2 nitrogen and oxygen atoms in total. The summed E-state index contributed by atoms with van der Waals surface area (Å²) in [5, 5.41) is 2.63. The summed E-state index contributed by atoms with van der Waals surface area (Å²) >= 11 is 4.87. The lowest BCUT2D eigenvalue weighted by molar-refractivity contribution is -0.117. The molecule has 0 atom stereocenters. The van der Waals surface area contributed by atoms with Gasteiger partial charge in [-0.05, 0) is 28.1 Å². The van der Waals surface area contributed by atoms with E-state index in [1.165, 1.54) is 6.92 Å². The van der Waals surface area contributed by atoms with Crippen LogP contribution < -0.4 is 5.32 Å². The Kier molecular flexibility index (Phi) is 3.05. The second-order valence-electron chi connectivity index (χ2n) is 2.26. The van der Waals surface area contributed by atoms with Crippen molar-refractivity contribution in [2.45, 2.75) is 6.92 Å². The molecule has 0 bridgehead atoms. The number of carbonyl (C=O) groups excluding carboxylic acids is 1. The molecule has 1 amide bonds. The molecule has 0 saturated heterocycles. The molecular formula is C8H8BrNOS. The molecule has 12 heavy (non-hydrogen) atoms. The van der Waals surface area contributed by atoms with Crippen LogP contribution in [0.25, 0.3) is 5.70 Å². The molecule has 0 unspecified atom stereocenters. The predicted molar refractivity (Wildman–Crippen MR) is 54.9 cm³/mol. The number of thiophene rings is 1. The molecule has 4 heteroatoms. The average molecular weight is 246 g/mol. The molecule has 64 valence electrons. The third-order valence-corrected chi connectivity index (χ3v) is 2.88. The maximum Gasteiger partial charge on any atom is 0.221 e. The van der Waals surface area contributed by atoms with Crippen molar-refractivity contribution >= 4 is 38.9 Å². The summed E-state index contributed by atoms with van der Waals surface area (Å²) < 4.78 is 1.03. The number of nitrogens with one attached hydrogen (secondary N) is 1. The summed E-state index contributed by atoms with van der Waals surface area (Å²) in [5.41, 5.74) is 0.651. The highest BCUT2D eigenvalue weighted by Crippen LogP contribution is 2.25. The summed E-state index contributed by atoms with van der Waals surface area (Å²) in [6.07, 6.45) is 0. The van der Waals surface area contributed by atoms with E-state index in [9.17, 15) is 4.79 Å². The molecular weight excluding hydrogens is 238 g/mol. The zero-order valence-electron chi connectivity index (χ0n) is 6.56. The van der Waals surface area contributed by atoms with Gasteiger partial charge in [-0.1, -0.05) is 6.58 Å². The van der Waals surface area contributed by atoms with Crippen molar-refractivity contribution in [2.75, 3.05) is 0 Å². The highest BCUT2D eigenvalue weighted by atomic mass is 79.9. The lowest BCUT2D eigenvalue weighted by atomic mass is 10.4. The highest BCUT2D eigenvalue weighted by molar-refractivity contribution is 9.11. The van der Waals surface area contributed by atoms with E-state index >= 15 is 0 Å². The topological polar surface area (TPSA) is 29.1 Å². The van der Waals surface area contributed by atoms with Gasteiger partial charge in [-0.3, -0.25) is 4.79 Å². The summed E-state index contributed by atoms with van der Waals surface area (Å²) in [5.74, 6) is -0.0930. The highest BCUT2D eigenvalue weighted by Gasteiger charge is 2.02. The summed E-state index contributed by atoms with van der Waals surface area (Å²) in [4.78, 5) is 11.6. The molecule has 0 aliphatic heterocycles. The lowest BCUT2D eigenvalue weighted by Crippen LogP contribution is -2.16. The number of hydrogen-bond donors (Lipinski definition) is 1. The molecule has 0 spiro atoms. The van der Waals surface area contributed by atoms with Gasteiger partial charge in [0.2, 0.25) is 5.91 Å². The van der Waals surface area contributed by atoms with E-state index in [2.05, 4.69) is 27.8 Å². The second kappa shape index (κ2) is 3.87. The number of halogens is 1. The molecule has 1 aromatic heterocycles. The van der Waals surface area contributed by atoms with Crippen molar-refractivity contribution in [3.8, 4) is 0 Å². The van der Waals surface area contributed by atoms with Crippen molar-refractivity contribution in [3.05, 3.63) is 27.4 Å². The summed E-state index contributed by atoms with van der Waals surface area (Å²) in [6, 6.07) is 3.83. The minimum absolute atomic E-state index is 0.0930. The maximum atomic E-state index is 10.7. The first kappa shape index (κ1) is 9.48. The molecule has 0 aliphatic rings.